The Labute approximate surface area is 279 Å². The lowest BCUT2D eigenvalue weighted by atomic mass is 9.80. The van der Waals surface area contributed by atoms with Crippen LogP contribution in [0.3, 0.4) is 0 Å². The van der Waals surface area contributed by atoms with Crippen LogP contribution in [0.25, 0.3) is 47.9 Å². The topological polar surface area (TPSA) is 103 Å². The number of rotatable bonds is 10. The molecule has 2 aliphatic rings. The van der Waals surface area contributed by atoms with Crippen LogP contribution >= 0.6 is 0 Å². The van der Waals surface area contributed by atoms with Crippen LogP contribution in [0.5, 0.6) is 0 Å². The average Bonchev–Trinajstić information content (AvgIpc) is 3.08. The molecule has 0 radical (unpaired) electrons. The summed E-state index contributed by atoms with van der Waals surface area (Å²) in [4.78, 5) is 62.8. The van der Waals surface area contributed by atoms with Gasteiger partial charge in [0, 0.05) is 44.9 Å². The minimum Gasteiger partial charge on any atom is -0.272 e. The number of fused-ring (bicyclic) bond motifs is 2. The van der Waals surface area contributed by atoms with Crippen molar-refractivity contribution in [2.24, 2.45) is 0 Å². The van der Waals surface area contributed by atoms with E-state index < -0.39 is 11.8 Å². The summed E-state index contributed by atoms with van der Waals surface area (Å²) in [5.41, 5.74) is 1.85. The fourth-order valence-electron chi connectivity index (χ4n) is 8.10. The Balaban J connectivity index is 1.52. The van der Waals surface area contributed by atoms with Crippen LogP contribution in [0.2, 0.25) is 0 Å². The van der Waals surface area contributed by atoms with E-state index in [1.165, 1.54) is 9.80 Å². The normalized spacial score (nSPS) is 15.6. The number of imide groups is 2. The molecule has 8 heteroatoms. The van der Waals surface area contributed by atoms with Crippen LogP contribution in [0.4, 0.5) is 5.69 Å². The van der Waals surface area contributed by atoms with E-state index >= 15 is 0 Å². The molecule has 2 atom stereocenters. The summed E-state index contributed by atoms with van der Waals surface area (Å²) in [7, 11) is 0. The van der Waals surface area contributed by atoms with E-state index in [0.717, 1.165) is 38.5 Å². The third-order valence-corrected chi connectivity index (χ3v) is 10.5. The Hall–Kier alpha value is -5.34. The molecule has 0 fully saturated rings. The van der Waals surface area contributed by atoms with Gasteiger partial charge in [-0.25, -0.2) is 4.85 Å². The zero-order valence-electron chi connectivity index (χ0n) is 27.7. The molecular weight excluding hydrogens is 600 g/mol. The van der Waals surface area contributed by atoms with E-state index in [-0.39, 0.29) is 35.1 Å². The van der Waals surface area contributed by atoms with Crippen molar-refractivity contribution in [2.75, 3.05) is 0 Å². The van der Waals surface area contributed by atoms with Gasteiger partial charge in [-0.05, 0) is 77.9 Å². The first-order chi connectivity index (χ1) is 23.2. The highest BCUT2D eigenvalue weighted by atomic mass is 16.2. The van der Waals surface area contributed by atoms with Gasteiger partial charge in [-0.15, -0.1) is 0 Å². The van der Waals surface area contributed by atoms with Gasteiger partial charge >= 0.3 is 0 Å². The Morgan fingerprint density at radius 3 is 1.58 bits per heavy atom. The van der Waals surface area contributed by atoms with Gasteiger partial charge < -0.3 is 0 Å². The first-order valence-corrected chi connectivity index (χ1v) is 17.0. The highest BCUT2D eigenvalue weighted by Gasteiger charge is 2.40. The number of unbranched alkanes of at least 4 members (excludes halogenated alkanes) is 4. The zero-order valence-corrected chi connectivity index (χ0v) is 27.7. The van der Waals surface area contributed by atoms with Gasteiger partial charge in [-0.2, -0.15) is 5.26 Å². The Kier molecular flexibility index (Phi) is 7.63. The van der Waals surface area contributed by atoms with E-state index in [1.807, 2.05) is 13.8 Å². The van der Waals surface area contributed by atoms with Crippen molar-refractivity contribution in [2.45, 2.75) is 91.1 Å². The summed E-state index contributed by atoms with van der Waals surface area (Å²) >= 11 is 0. The molecule has 0 saturated carbocycles. The SMILES string of the molecule is [C-]#[N+]c1cc2c3c(ccc4c5c(C#N)cc6c7c(ccc(c1c34)c75)C(=O)N([C@H](C)CCCCC)C6=O)C(=O)N([C@H](C)CCCCC)C2=O. The molecule has 2 heterocycles. The monoisotopic (exact) mass is 636 g/mol. The molecule has 8 nitrogen and oxygen atoms in total. The lowest BCUT2D eigenvalue weighted by Gasteiger charge is -2.34. The largest absolute Gasteiger partial charge is 0.272 e. The molecule has 0 unspecified atom stereocenters. The van der Waals surface area contributed by atoms with Crippen LogP contribution < -0.4 is 0 Å². The van der Waals surface area contributed by atoms with Gasteiger partial charge in [0.2, 0.25) is 0 Å². The van der Waals surface area contributed by atoms with Gasteiger partial charge in [-0.1, -0.05) is 64.5 Å². The fourth-order valence-corrected chi connectivity index (χ4v) is 8.10. The van der Waals surface area contributed by atoms with Crippen LogP contribution in [0.1, 0.15) is 126 Å². The number of nitriles is 1. The van der Waals surface area contributed by atoms with Crippen LogP contribution in [0.15, 0.2) is 36.4 Å². The first-order valence-electron chi connectivity index (χ1n) is 17.0. The predicted octanol–water partition coefficient (Wildman–Crippen LogP) is 9.29. The smallest absolute Gasteiger partial charge is 0.261 e. The Morgan fingerprint density at radius 1 is 0.646 bits per heavy atom. The highest BCUT2D eigenvalue weighted by molar-refractivity contribution is 6.43. The summed E-state index contributed by atoms with van der Waals surface area (Å²) in [5, 5.41) is 14.9. The summed E-state index contributed by atoms with van der Waals surface area (Å²) < 4.78 is 0. The molecule has 0 aliphatic carbocycles. The lowest BCUT2D eigenvalue weighted by molar-refractivity contribution is 0.0526. The predicted molar refractivity (Wildman–Crippen MR) is 187 cm³/mol. The molecule has 0 aromatic heterocycles. The van der Waals surface area contributed by atoms with Crippen molar-refractivity contribution in [3.8, 4) is 6.07 Å². The molecular formula is C40H36N4O4. The van der Waals surface area contributed by atoms with Crippen molar-refractivity contribution in [3.05, 3.63) is 75.6 Å². The number of carbonyl (C=O) groups excluding carboxylic acids is 4. The number of benzene rings is 5. The number of nitrogens with zero attached hydrogens (tertiary/aromatic N) is 4. The minimum absolute atomic E-state index is 0.238. The maximum absolute atomic E-state index is 14.1. The summed E-state index contributed by atoms with van der Waals surface area (Å²) in [6, 6.07) is 11.8. The molecule has 2 aliphatic heterocycles. The fraction of sp³-hybridized carbons (Fsp3) is 0.350. The van der Waals surface area contributed by atoms with Crippen LogP contribution in [-0.4, -0.2) is 45.5 Å². The quantitative estimate of drug-likeness (QED) is 0.0500. The van der Waals surface area contributed by atoms with Gasteiger partial charge in [0.1, 0.15) is 0 Å². The van der Waals surface area contributed by atoms with Crippen molar-refractivity contribution in [1.82, 2.24) is 9.80 Å². The van der Waals surface area contributed by atoms with Gasteiger partial charge in [0.15, 0.2) is 5.69 Å². The van der Waals surface area contributed by atoms with Crippen LogP contribution in [-0.2, 0) is 0 Å². The third kappa shape index (κ3) is 4.25. The minimum atomic E-state index is -0.428. The summed E-state index contributed by atoms with van der Waals surface area (Å²) in [5.74, 6) is -1.59. The third-order valence-electron chi connectivity index (χ3n) is 10.5. The molecule has 0 spiro atoms. The van der Waals surface area contributed by atoms with Crippen molar-refractivity contribution in [3.63, 3.8) is 0 Å². The molecule has 4 amide bonds. The molecule has 0 bridgehead atoms. The molecule has 5 aromatic carbocycles. The number of carbonyl (C=O) groups is 4. The zero-order chi connectivity index (χ0) is 34.0. The highest BCUT2D eigenvalue weighted by Crippen LogP contribution is 2.50. The molecule has 0 N–H and O–H groups in total. The van der Waals surface area contributed by atoms with Gasteiger partial charge in [-0.3, -0.25) is 29.0 Å². The summed E-state index contributed by atoms with van der Waals surface area (Å²) in [6.45, 7) is 16.2. The molecule has 48 heavy (non-hydrogen) atoms. The van der Waals surface area contributed by atoms with Crippen molar-refractivity contribution < 1.29 is 19.2 Å². The second-order valence-electron chi connectivity index (χ2n) is 13.4. The van der Waals surface area contributed by atoms with E-state index in [4.69, 9.17) is 6.57 Å². The maximum atomic E-state index is 14.1. The number of amides is 4. The van der Waals surface area contributed by atoms with E-state index in [9.17, 15) is 24.4 Å². The van der Waals surface area contributed by atoms with Gasteiger partial charge in [0.05, 0.1) is 23.8 Å². The lowest BCUT2D eigenvalue weighted by Crippen LogP contribution is -2.46. The first kappa shape index (κ1) is 31.3. The molecule has 0 saturated heterocycles. The van der Waals surface area contributed by atoms with Crippen molar-refractivity contribution in [1.29, 1.82) is 5.26 Å². The standard InChI is InChI=1S/C40H36N4O4/c1-6-8-10-12-21(3)43-37(45)26-17-15-25-34-30(42-5)19-29-33-27(38(46)44(40(29)48)22(4)13-11-9-7-2)16-14-24(36(33)34)31-23(20-41)18-28(39(43)47)32(26)35(25)31/h14-19,21-22H,6-13H2,1-4H3/t21-,22-/m1/s1. The van der Waals surface area contributed by atoms with Crippen molar-refractivity contribution >= 4 is 72.4 Å². The van der Waals surface area contributed by atoms with E-state index in [2.05, 4.69) is 24.8 Å². The second kappa shape index (κ2) is 11.7. The molecule has 5 aromatic rings. The van der Waals surface area contributed by atoms with E-state index in [0.29, 0.717) is 78.2 Å². The van der Waals surface area contributed by atoms with Crippen LogP contribution in [0, 0.1) is 17.9 Å². The number of hydrogen-bond donors (Lipinski definition) is 0. The molecule has 7 rings (SSSR count). The Morgan fingerprint density at radius 2 is 1.10 bits per heavy atom. The Bertz CT molecular complexity index is 2160. The number of hydrogen-bond acceptors (Lipinski definition) is 5. The second-order valence-corrected chi connectivity index (χ2v) is 13.4. The molecule has 240 valence electrons. The summed E-state index contributed by atoms with van der Waals surface area (Å²) in [6.07, 6.45) is 7.22. The maximum Gasteiger partial charge on any atom is 0.261 e. The van der Waals surface area contributed by atoms with Gasteiger partial charge in [0.25, 0.3) is 23.6 Å². The average molecular weight is 637 g/mol. The van der Waals surface area contributed by atoms with E-state index in [1.54, 1.807) is 36.4 Å².